The number of nitro benzene ring substituents is 1. The Hall–Kier alpha value is -3.62. The van der Waals surface area contributed by atoms with E-state index in [4.69, 9.17) is 22.0 Å². The number of nitrogens with zero attached hydrogens (tertiary/aromatic N) is 2. The first kappa shape index (κ1) is 18.2. The molecule has 0 aromatic heterocycles. The maximum Gasteiger partial charge on any atom is 0.292 e. The Morgan fingerprint density at radius 3 is 2.56 bits per heavy atom. The molecule has 0 saturated carbocycles. The summed E-state index contributed by atoms with van der Waals surface area (Å²) in [5.41, 5.74) is 20.9. The molecule has 0 radical (unpaired) electrons. The second-order valence-electron chi connectivity index (χ2n) is 6.22. The normalized spacial score (nSPS) is 14.5. The molecule has 0 fully saturated rings. The van der Waals surface area contributed by atoms with Crippen molar-refractivity contribution < 1.29 is 14.6 Å². The second kappa shape index (κ2) is 6.60. The zero-order valence-electron chi connectivity index (χ0n) is 14.9. The fraction of sp³-hybridized carbons (Fsp3) is 0.222. The minimum absolute atomic E-state index is 0.0156. The van der Waals surface area contributed by atoms with Crippen LogP contribution in [0.15, 0.2) is 29.4 Å². The molecule has 0 aliphatic heterocycles. The predicted molar refractivity (Wildman–Crippen MR) is 103 cm³/mol. The third kappa shape index (κ3) is 2.92. The van der Waals surface area contributed by atoms with Crippen LogP contribution < -0.4 is 17.2 Å². The van der Waals surface area contributed by atoms with E-state index in [-0.39, 0.29) is 17.2 Å². The second-order valence-corrected chi connectivity index (χ2v) is 6.22. The summed E-state index contributed by atoms with van der Waals surface area (Å²) in [5, 5.41) is 15.4. The van der Waals surface area contributed by atoms with Crippen LogP contribution in [-0.2, 0) is 9.63 Å². The number of anilines is 3. The lowest BCUT2D eigenvalue weighted by atomic mass is 10.0. The summed E-state index contributed by atoms with van der Waals surface area (Å²) in [5.74, 6) is -0.104. The van der Waals surface area contributed by atoms with Crippen molar-refractivity contribution in [3.8, 4) is 11.1 Å². The van der Waals surface area contributed by atoms with Gasteiger partial charge in [-0.05, 0) is 25.1 Å². The third-order valence-corrected chi connectivity index (χ3v) is 4.47. The van der Waals surface area contributed by atoms with E-state index < -0.39 is 11.0 Å². The van der Waals surface area contributed by atoms with Gasteiger partial charge in [0.1, 0.15) is 11.4 Å². The van der Waals surface area contributed by atoms with Crippen molar-refractivity contribution in [1.82, 2.24) is 0 Å². The smallest absolute Gasteiger partial charge is 0.292 e. The summed E-state index contributed by atoms with van der Waals surface area (Å²) in [6.45, 7) is 3.33. The van der Waals surface area contributed by atoms with Gasteiger partial charge in [0.25, 0.3) is 5.69 Å². The highest BCUT2D eigenvalue weighted by Gasteiger charge is 2.33. The summed E-state index contributed by atoms with van der Waals surface area (Å²) in [4.78, 5) is 27.8. The minimum Gasteiger partial charge on any atom is -0.399 e. The van der Waals surface area contributed by atoms with Gasteiger partial charge in [-0.1, -0.05) is 12.1 Å². The van der Waals surface area contributed by atoms with Gasteiger partial charge >= 0.3 is 0 Å². The van der Waals surface area contributed by atoms with Crippen molar-refractivity contribution in [2.75, 3.05) is 17.2 Å². The van der Waals surface area contributed by atoms with Gasteiger partial charge in [0.15, 0.2) is 11.9 Å². The van der Waals surface area contributed by atoms with Crippen molar-refractivity contribution in [3.05, 3.63) is 45.5 Å². The number of ketones is 1. The lowest BCUT2D eigenvalue weighted by Gasteiger charge is -2.09. The van der Waals surface area contributed by atoms with E-state index in [2.05, 4.69) is 5.16 Å². The Kier molecular flexibility index (Phi) is 4.44. The van der Waals surface area contributed by atoms with E-state index >= 15 is 0 Å². The molecule has 0 saturated heterocycles. The van der Waals surface area contributed by atoms with Crippen molar-refractivity contribution >= 4 is 34.2 Å². The van der Waals surface area contributed by atoms with Crippen molar-refractivity contribution in [3.63, 3.8) is 0 Å². The molecule has 2 aromatic rings. The molecule has 1 aliphatic carbocycles. The molecule has 9 nitrogen and oxygen atoms in total. The number of oxime groups is 1. The molecule has 1 atom stereocenters. The van der Waals surface area contributed by atoms with Crippen molar-refractivity contribution in [2.24, 2.45) is 5.16 Å². The number of nitro groups is 1. The molecule has 27 heavy (non-hydrogen) atoms. The molecule has 6 N–H and O–H groups in total. The zero-order valence-corrected chi connectivity index (χ0v) is 14.9. The van der Waals surface area contributed by atoms with E-state index in [1.165, 1.54) is 12.1 Å². The zero-order chi connectivity index (χ0) is 19.9. The van der Waals surface area contributed by atoms with Crippen LogP contribution in [-0.4, -0.2) is 22.5 Å². The number of fused-ring (bicyclic) bond motifs is 3. The van der Waals surface area contributed by atoms with E-state index in [1.54, 1.807) is 26.0 Å². The highest BCUT2D eigenvalue weighted by Crippen LogP contribution is 2.47. The molecular weight excluding hydrogens is 350 g/mol. The molecule has 1 unspecified atom stereocenters. The fourth-order valence-electron chi connectivity index (χ4n) is 3.11. The van der Waals surface area contributed by atoms with Crippen LogP contribution in [0.1, 0.15) is 31.4 Å². The first-order valence-electron chi connectivity index (χ1n) is 8.29. The van der Waals surface area contributed by atoms with Crippen LogP contribution >= 0.6 is 0 Å². The third-order valence-electron chi connectivity index (χ3n) is 4.47. The van der Waals surface area contributed by atoms with E-state index in [0.717, 1.165) is 0 Å². The number of carbonyl (C=O) groups is 1. The molecule has 9 heteroatoms. The van der Waals surface area contributed by atoms with Crippen molar-refractivity contribution in [2.45, 2.75) is 26.4 Å². The first-order valence-corrected chi connectivity index (χ1v) is 8.29. The lowest BCUT2D eigenvalue weighted by Crippen LogP contribution is -2.18. The number of nitrogen functional groups attached to an aromatic ring is 3. The Balaban J connectivity index is 2.23. The monoisotopic (exact) mass is 369 g/mol. The van der Waals surface area contributed by atoms with E-state index in [1.807, 2.05) is 0 Å². The summed E-state index contributed by atoms with van der Waals surface area (Å²) in [7, 11) is 0. The van der Waals surface area contributed by atoms with Crippen LogP contribution in [0.3, 0.4) is 0 Å². The number of benzene rings is 2. The highest BCUT2D eigenvalue weighted by molar-refractivity contribution is 6.28. The van der Waals surface area contributed by atoms with Gasteiger partial charge in [0, 0.05) is 46.1 Å². The van der Waals surface area contributed by atoms with Crippen LogP contribution in [0.5, 0.6) is 0 Å². The van der Waals surface area contributed by atoms with Gasteiger partial charge in [0.05, 0.1) is 4.92 Å². The number of Topliss-reactive ketones (excluding diaryl/α,β-unsaturated/α-hetero) is 1. The summed E-state index contributed by atoms with van der Waals surface area (Å²) in [6.07, 6.45) is -0.415. The van der Waals surface area contributed by atoms with Crippen LogP contribution in [0, 0.1) is 10.1 Å². The van der Waals surface area contributed by atoms with E-state index in [0.29, 0.717) is 45.8 Å². The molecule has 3 rings (SSSR count). The maximum absolute atomic E-state index is 11.8. The fourth-order valence-corrected chi connectivity index (χ4v) is 3.11. The topological polar surface area (TPSA) is 160 Å². The lowest BCUT2D eigenvalue weighted by molar-refractivity contribution is -0.383. The molecule has 0 spiro atoms. The molecular formula is C18H19N5O4. The molecule has 1 aliphatic rings. The van der Waals surface area contributed by atoms with Gasteiger partial charge in [0.2, 0.25) is 0 Å². The molecule has 140 valence electrons. The van der Waals surface area contributed by atoms with Crippen LogP contribution in [0.4, 0.5) is 22.7 Å². The summed E-state index contributed by atoms with van der Waals surface area (Å²) >= 11 is 0. The number of hydrogen-bond donors (Lipinski definition) is 3. The Morgan fingerprint density at radius 1 is 1.22 bits per heavy atom. The average Bonchev–Trinajstić information content (AvgIpc) is 2.93. The Morgan fingerprint density at radius 2 is 1.93 bits per heavy atom. The van der Waals surface area contributed by atoms with Crippen LogP contribution in [0.25, 0.3) is 11.1 Å². The van der Waals surface area contributed by atoms with Gasteiger partial charge in [-0.3, -0.25) is 14.9 Å². The number of rotatable bonds is 5. The van der Waals surface area contributed by atoms with Gasteiger partial charge in [-0.25, -0.2) is 0 Å². The molecule has 0 heterocycles. The largest absolute Gasteiger partial charge is 0.399 e. The Labute approximate surface area is 154 Å². The molecule has 0 amide bonds. The first-order chi connectivity index (χ1) is 12.8. The quantitative estimate of drug-likeness (QED) is 0.353. The van der Waals surface area contributed by atoms with Crippen molar-refractivity contribution in [1.29, 1.82) is 0 Å². The maximum atomic E-state index is 11.8. The molecule has 0 bridgehead atoms. The van der Waals surface area contributed by atoms with Crippen LogP contribution in [0.2, 0.25) is 0 Å². The predicted octanol–water partition coefficient (Wildman–Crippen LogP) is 2.46. The van der Waals surface area contributed by atoms with Gasteiger partial charge in [-0.2, -0.15) is 0 Å². The van der Waals surface area contributed by atoms with Gasteiger partial charge < -0.3 is 22.0 Å². The summed E-state index contributed by atoms with van der Waals surface area (Å²) in [6, 6.07) is 6.03. The SMILES string of the molecule is CCC(=O)C(C)O/N=C1\c2cc(N)cc(N)c2-c2c1ccc([N+](=O)[O-])c2N. The Bertz CT molecular complexity index is 1000. The van der Waals surface area contributed by atoms with E-state index in [9.17, 15) is 14.9 Å². The number of carbonyl (C=O) groups excluding carboxylic acids is 1. The summed E-state index contributed by atoms with van der Waals surface area (Å²) < 4.78 is 0. The number of nitrogens with two attached hydrogens (primary N) is 3. The highest BCUT2D eigenvalue weighted by atomic mass is 16.6. The number of hydrogen-bond acceptors (Lipinski definition) is 8. The van der Waals surface area contributed by atoms with Gasteiger partial charge in [-0.15, -0.1) is 0 Å². The standard InChI is InChI=1S/C18H19N5O4/c1-3-14(24)8(2)27-22-18-10-4-5-13(23(25)26)17(21)16(10)15-11(18)6-9(19)7-12(15)20/h4-8H,3,19-21H2,1-2H3/b22-18-. The minimum atomic E-state index is -0.733. The molecule has 2 aromatic carbocycles. The average molecular weight is 369 g/mol.